The van der Waals surface area contributed by atoms with Crippen LogP contribution in [0.5, 0.6) is 0 Å². The molecule has 0 radical (unpaired) electrons. The highest BCUT2D eigenvalue weighted by atomic mass is 32.1. The minimum absolute atomic E-state index is 0.0763. The van der Waals surface area contributed by atoms with Crippen LogP contribution in [0.4, 0.5) is 5.69 Å². The van der Waals surface area contributed by atoms with E-state index in [0.717, 1.165) is 12.8 Å². The second-order valence-electron chi connectivity index (χ2n) is 6.12. The quantitative estimate of drug-likeness (QED) is 0.744. The number of rotatable bonds is 6. The number of nitrogens with one attached hydrogen (secondary N) is 2. The number of carbonyl (C=O) groups is 2. The summed E-state index contributed by atoms with van der Waals surface area (Å²) in [5, 5.41) is 7.66. The van der Waals surface area contributed by atoms with Crippen LogP contribution in [-0.4, -0.2) is 18.4 Å². The molecule has 2 N–H and O–H groups in total. The van der Waals surface area contributed by atoms with Gasteiger partial charge >= 0.3 is 0 Å². The van der Waals surface area contributed by atoms with E-state index < -0.39 is 0 Å². The van der Waals surface area contributed by atoms with E-state index in [1.54, 1.807) is 30.3 Å². The summed E-state index contributed by atoms with van der Waals surface area (Å²) in [4.78, 5) is 24.9. The molecule has 0 saturated heterocycles. The Bertz CT molecular complexity index is 749. The Morgan fingerprint density at radius 1 is 1.04 bits per heavy atom. The molecule has 2 aromatic rings. The smallest absolute Gasteiger partial charge is 0.265 e. The van der Waals surface area contributed by atoms with E-state index in [9.17, 15) is 9.59 Å². The Morgan fingerprint density at radius 3 is 2.56 bits per heavy atom. The van der Waals surface area contributed by atoms with Crippen molar-refractivity contribution in [1.29, 1.82) is 0 Å². The van der Waals surface area contributed by atoms with Crippen LogP contribution < -0.4 is 10.6 Å². The van der Waals surface area contributed by atoms with Gasteiger partial charge in [-0.2, -0.15) is 0 Å². The van der Waals surface area contributed by atoms with Gasteiger partial charge in [-0.05, 0) is 67.8 Å². The molecule has 130 valence electrons. The number of benzene rings is 1. The zero-order chi connectivity index (χ0) is 17.5. The molecule has 1 aliphatic rings. The van der Waals surface area contributed by atoms with Gasteiger partial charge in [0.1, 0.15) is 0 Å². The van der Waals surface area contributed by atoms with Crippen LogP contribution in [0.3, 0.4) is 0 Å². The van der Waals surface area contributed by atoms with Crippen LogP contribution in [0.2, 0.25) is 0 Å². The van der Waals surface area contributed by atoms with Crippen LogP contribution in [-0.2, 0) is 0 Å². The van der Waals surface area contributed by atoms with E-state index >= 15 is 0 Å². The van der Waals surface area contributed by atoms with Crippen LogP contribution >= 0.6 is 11.3 Å². The minimum atomic E-state index is -0.132. The summed E-state index contributed by atoms with van der Waals surface area (Å²) in [5.74, 6) is -0.208. The molecule has 0 unspecified atom stereocenters. The maximum Gasteiger partial charge on any atom is 0.265 e. The Morgan fingerprint density at radius 2 is 1.88 bits per heavy atom. The molecule has 2 amide bonds. The van der Waals surface area contributed by atoms with Crippen molar-refractivity contribution in [2.45, 2.75) is 32.1 Å². The third-order valence-electron chi connectivity index (χ3n) is 4.27. The van der Waals surface area contributed by atoms with Gasteiger partial charge in [0.2, 0.25) is 0 Å². The molecule has 0 saturated carbocycles. The van der Waals surface area contributed by atoms with Crippen molar-refractivity contribution in [3.8, 4) is 0 Å². The molecule has 5 heteroatoms. The maximum absolute atomic E-state index is 12.2. The fourth-order valence-corrected chi connectivity index (χ4v) is 3.49. The molecule has 0 atom stereocenters. The lowest BCUT2D eigenvalue weighted by Gasteiger charge is -2.13. The number of anilines is 1. The minimum Gasteiger partial charge on any atom is -0.352 e. The number of hydrogen-bond donors (Lipinski definition) is 2. The second kappa shape index (κ2) is 8.62. The summed E-state index contributed by atoms with van der Waals surface area (Å²) >= 11 is 1.40. The first kappa shape index (κ1) is 17.4. The fourth-order valence-electron chi connectivity index (χ4n) is 2.88. The molecule has 0 aliphatic heterocycles. The molecule has 25 heavy (non-hydrogen) atoms. The number of amides is 2. The number of carbonyl (C=O) groups excluding carboxylic acids is 2. The third-order valence-corrected chi connectivity index (χ3v) is 5.14. The zero-order valence-electron chi connectivity index (χ0n) is 14.1. The van der Waals surface area contributed by atoms with Gasteiger partial charge in [0.25, 0.3) is 11.8 Å². The Balaban J connectivity index is 1.48. The van der Waals surface area contributed by atoms with Crippen molar-refractivity contribution in [3.63, 3.8) is 0 Å². The highest BCUT2D eigenvalue weighted by Crippen LogP contribution is 2.19. The molecule has 0 spiro atoms. The van der Waals surface area contributed by atoms with E-state index in [-0.39, 0.29) is 11.8 Å². The van der Waals surface area contributed by atoms with Gasteiger partial charge in [-0.1, -0.05) is 17.7 Å². The largest absolute Gasteiger partial charge is 0.352 e. The Labute approximate surface area is 152 Å². The van der Waals surface area contributed by atoms with Gasteiger partial charge in [0.15, 0.2) is 0 Å². The summed E-state index contributed by atoms with van der Waals surface area (Å²) < 4.78 is 0. The summed E-state index contributed by atoms with van der Waals surface area (Å²) in [6, 6.07) is 10.6. The summed E-state index contributed by atoms with van der Waals surface area (Å²) in [6.45, 7) is 0.668. The average molecular weight is 354 g/mol. The van der Waals surface area contributed by atoms with E-state index in [2.05, 4.69) is 16.7 Å². The SMILES string of the molecule is O=C(NCCC1=CCCCC1)c1ccc(NC(=O)c2cccs2)cc1. The van der Waals surface area contributed by atoms with Crippen molar-refractivity contribution >= 4 is 28.8 Å². The predicted molar refractivity (Wildman–Crippen MR) is 102 cm³/mol. The van der Waals surface area contributed by atoms with Gasteiger partial charge in [-0.15, -0.1) is 11.3 Å². The topological polar surface area (TPSA) is 58.2 Å². The zero-order valence-corrected chi connectivity index (χ0v) is 14.9. The fraction of sp³-hybridized carbons (Fsp3) is 0.300. The van der Waals surface area contributed by atoms with E-state index in [4.69, 9.17) is 0 Å². The number of allylic oxidation sites excluding steroid dienone is 1. The molecule has 1 aromatic carbocycles. The molecule has 0 fully saturated rings. The van der Waals surface area contributed by atoms with Gasteiger partial charge in [-0.3, -0.25) is 9.59 Å². The van der Waals surface area contributed by atoms with Crippen LogP contribution in [0.1, 0.15) is 52.1 Å². The number of thiophene rings is 1. The number of hydrogen-bond acceptors (Lipinski definition) is 3. The third kappa shape index (κ3) is 5.03. The summed E-state index contributed by atoms with van der Waals surface area (Å²) in [7, 11) is 0. The van der Waals surface area contributed by atoms with Gasteiger partial charge in [0, 0.05) is 17.8 Å². The molecule has 4 nitrogen and oxygen atoms in total. The first-order chi connectivity index (χ1) is 12.2. The molecular weight excluding hydrogens is 332 g/mol. The van der Waals surface area contributed by atoms with Crippen molar-refractivity contribution in [1.82, 2.24) is 5.32 Å². The molecule has 0 bridgehead atoms. The first-order valence-corrected chi connectivity index (χ1v) is 9.51. The second-order valence-corrected chi connectivity index (χ2v) is 7.07. The van der Waals surface area contributed by atoms with Crippen molar-refractivity contribution in [3.05, 3.63) is 63.9 Å². The van der Waals surface area contributed by atoms with Crippen LogP contribution in [0.25, 0.3) is 0 Å². The van der Waals surface area contributed by atoms with E-state index in [1.165, 1.54) is 36.2 Å². The molecule has 1 heterocycles. The van der Waals surface area contributed by atoms with E-state index in [0.29, 0.717) is 22.7 Å². The molecule has 3 rings (SSSR count). The molecule has 1 aromatic heterocycles. The average Bonchev–Trinajstić information content (AvgIpc) is 3.18. The summed E-state index contributed by atoms with van der Waals surface area (Å²) in [6.07, 6.45) is 8.11. The molecular formula is C20H22N2O2S. The monoisotopic (exact) mass is 354 g/mol. The normalized spacial score (nSPS) is 13.8. The highest BCUT2D eigenvalue weighted by molar-refractivity contribution is 7.12. The van der Waals surface area contributed by atoms with E-state index in [1.807, 2.05) is 11.4 Å². The lowest BCUT2D eigenvalue weighted by molar-refractivity contribution is 0.0953. The lowest BCUT2D eigenvalue weighted by atomic mass is 9.97. The van der Waals surface area contributed by atoms with Gasteiger partial charge in [0.05, 0.1) is 4.88 Å². The van der Waals surface area contributed by atoms with Gasteiger partial charge < -0.3 is 10.6 Å². The summed E-state index contributed by atoms with van der Waals surface area (Å²) in [5.41, 5.74) is 2.74. The standard InChI is InChI=1S/C20H22N2O2S/c23-19(21-13-12-15-5-2-1-3-6-15)16-8-10-17(11-9-16)22-20(24)18-7-4-14-25-18/h4-5,7-11,14H,1-3,6,12-13H2,(H,21,23)(H,22,24). The molecule has 1 aliphatic carbocycles. The van der Waals surface area contributed by atoms with Gasteiger partial charge in [-0.25, -0.2) is 0 Å². The first-order valence-electron chi connectivity index (χ1n) is 8.63. The van der Waals surface area contributed by atoms with Crippen molar-refractivity contribution < 1.29 is 9.59 Å². The van der Waals surface area contributed by atoms with Crippen molar-refractivity contribution in [2.75, 3.05) is 11.9 Å². The maximum atomic E-state index is 12.2. The van der Waals surface area contributed by atoms with Crippen molar-refractivity contribution in [2.24, 2.45) is 0 Å². The Hall–Kier alpha value is -2.40. The lowest BCUT2D eigenvalue weighted by Crippen LogP contribution is -2.24. The highest BCUT2D eigenvalue weighted by Gasteiger charge is 2.09. The van der Waals surface area contributed by atoms with Crippen LogP contribution in [0.15, 0.2) is 53.4 Å². The van der Waals surface area contributed by atoms with Crippen LogP contribution in [0, 0.1) is 0 Å². The Kier molecular flexibility index (Phi) is 6.01. The predicted octanol–water partition coefficient (Wildman–Crippen LogP) is 4.62.